The monoisotopic (exact) mass is 330 g/mol. The highest BCUT2D eigenvalue weighted by Gasteiger charge is 2.04. The summed E-state index contributed by atoms with van der Waals surface area (Å²) >= 11 is 5.81. The van der Waals surface area contributed by atoms with E-state index in [-0.39, 0.29) is 5.63 Å². The molecule has 0 aliphatic rings. The van der Waals surface area contributed by atoms with Gasteiger partial charge in [-0.3, -0.25) is 0 Å². The Kier molecular flexibility index (Phi) is 4.53. The first kappa shape index (κ1) is 15.4. The Hall–Kier alpha value is -2.46. The van der Waals surface area contributed by atoms with Crippen LogP contribution in [0.3, 0.4) is 0 Å². The zero-order valence-electron chi connectivity index (χ0n) is 12.5. The van der Waals surface area contributed by atoms with Crippen LogP contribution in [0.25, 0.3) is 11.0 Å². The summed E-state index contributed by atoms with van der Waals surface area (Å²) in [5.41, 5.74) is 1.04. The molecule has 0 radical (unpaired) electrons. The fourth-order valence-corrected chi connectivity index (χ4v) is 2.37. The van der Waals surface area contributed by atoms with Gasteiger partial charge in [-0.25, -0.2) is 4.79 Å². The predicted molar refractivity (Wildman–Crippen MR) is 89.7 cm³/mol. The highest BCUT2D eigenvalue weighted by atomic mass is 35.5. The van der Waals surface area contributed by atoms with E-state index in [9.17, 15) is 4.79 Å². The van der Waals surface area contributed by atoms with Crippen LogP contribution in [0, 0.1) is 6.92 Å². The van der Waals surface area contributed by atoms with Gasteiger partial charge in [0, 0.05) is 22.5 Å². The molecule has 0 atom stereocenters. The number of hydrogen-bond donors (Lipinski definition) is 0. The van der Waals surface area contributed by atoms with Crippen molar-refractivity contribution in [1.82, 2.24) is 0 Å². The van der Waals surface area contributed by atoms with Gasteiger partial charge in [0.1, 0.15) is 30.3 Å². The molecule has 0 fully saturated rings. The number of halogens is 1. The number of hydrogen-bond acceptors (Lipinski definition) is 4. The van der Waals surface area contributed by atoms with E-state index < -0.39 is 0 Å². The average Bonchev–Trinajstić information content (AvgIpc) is 2.53. The predicted octanol–water partition coefficient (Wildman–Crippen LogP) is 4.21. The average molecular weight is 331 g/mol. The van der Waals surface area contributed by atoms with Gasteiger partial charge in [0.05, 0.1) is 0 Å². The lowest BCUT2D eigenvalue weighted by Crippen LogP contribution is -2.09. The van der Waals surface area contributed by atoms with Gasteiger partial charge in [-0.1, -0.05) is 11.6 Å². The van der Waals surface area contributed by atoms with Gasteiger partial charge in [0.25, 0.3) is 0 Å². The standard InChI is InChI=1S/C18H15ClO4/c1-12-10-18(20)23-17-11-15(6-7-16(12)17)22-9-8-21-14-4-2-13(19)3-5-14/h2-7,10-11H,8-9H2,1H3. The van der Waals surface area contributed by atoms with E-state index in [2.05, 4.69) is 0 Å². The van der Waals surface area contributed by atoms with Crippen molar-refractivity contribution in [3.8, 4) is 11.5 Å². The van der Waals surface area contributed by atoms with Crippen molar-refractivity contribution in [2.24, 2.45) is 0 Å². The number of fused-ring (bicyclic) bond motifs is 1. The van der Waals surface area contributed by atoms with E-state index in [4.69, 9.17) is 25.5 Å². The number of benzene rings is 2. The topological polar surface area (TPSA) is 48.7 Å². The van der Waals surface area contributed by atoms with Crippen molar-refractivity contribution in [1.29, 1.82) is 0 Å². The van der Waals surface area contributed by atoms with Crippen LogP contribution >= 0.6 is 11.6 Å². The normalized spacial score (nSPS) is 10.7. The number of rotatable bonds is 5. The van der Waals surface area contributed by atoms with Gasteiger partial charge in [-0.15, -0.1) is 0 Å². The summed E-state index contributed by atoms with van der Waals surface area (Å²) in [6, 6.07) is 14.1. The van der Waals surface area contributed by atoms with E-state index >= 15 is 0 Å². The van der Waals surface area contributed by atoms with Gasteiger partial charge in [-0.05, 0) is 48.9 Å². The van der Waals surface area contributed by atoms with Crippen molar-refractivity contribution in [2.75, 3.05) is 13.2 Å². The third kappa shape index (κ3) is 3.85. The first-order valence-electron chi connectivity index (χ1n) is 7.17. The second-order valence-corrected chi connectivity index (χ2v) is 5.49. The molecule has 3 aromatic rings. The molecule has 0 N–H and O–H groups in total. The van der Waals surface area contributed by atoms with Gasteiger partial charge < -0.3 is 13.9 Å². The van der Waals surface area contributed by atoms with E-state index in [1.807, 2.05) is 19.1 Å². The van der Waals surface area contributed by atoms with E-state index in [1.165, 1.54) is 6.07 Å². The molecule has 0 aliphatic heterocycles. The second kappa shape index (κ2) is 6.75. The summed E-state index contributed by atoms with van der Waals surface area (Å²) in [4.78, 5) is 11.4. The van der Waals surface area contributed by atoms with Crippen molar-refractivity contribution >= 4 is 22.6 Å². The molecule has 0 bridgehead atoms. The number of aryl methyl sites for hydroxylation is 1. The van der Waals surface area contributed by atoms with Crippen molar-refractivity contribution in [2.45, 2.75) is 6.92 Å². The van der Waals surface area contributed by atoms with Crippen LogP contribution in [0.4, 0.5) is 0 Å². The van der Waals surface area contributed by atoms with Crippen molar-refractivity contribution < 1.29 is 13.9 Å². The molecular formula is C18H15ClO4. The van der Waals surface area contributed by atoms with Crippen LogP contribution in [0.5, 0.6) is 11.5 Å². The Balaban J connectivity index is 1.61. The van der Waals surface area contributed by atoms with Crippen LogP contribution in [0.15, 0.2) is 57.7 Å². The molecule has 0 aliphatic carbocycles. The van der Waals surface area contributed by atoms with E-state index in [1.54, 1.807) is 30.3 Å². The lowest BCUT2D eigenvalue weighted by molar-refractivity contribution is 0.217. The Morgan fingerprint density at radius 2 is 1.61 bits per heavy atom. The van der Waals surface area contributed by atoms with Gasteiger partial charge in [-0.2, -0.15) is 0 Å². The van der Waals surface area contributed by atoms with Gasteiger partial charge >= 0.3 is 5.63 Å². The molecule has 0 saturated heterocycles. The quantitative estimate of drug-likeness (QED) is 0.519. The van der Waals surface area contributed by atoms with Gasteiger partial charge in [0.15, 0.2) is 0 Å². The van der Waals surface area contributed by atoms with Crippen molar-refractivity contribution in [3.63, 3.8) is 0 Å². The molecule has 0 spiro atoms. The molecule has 4 nitrogen and oxygen atoms in total. The molecule has 1 heterocycles. The Morgan fingerprint density at radius 1 is 0.957 bits per heavy atom. The summed E-state index contributed by atoms with van der Waals surface area (Å²) in [5.74, 6) is 1.36. The summed E-state index contributed by atoms with van der Waals surface area (Å²) < 4.78 is 16.4. The smallest absolute Gasteiger partial charge is 0.336 e. The first-order valence-corrected chi connectivity index (χ1v) is 7.55. The van der Waals surface area contributed by atoms with E-state index in [0.717, 1.165) is 16.7 Å². The first-order chi connectivity index (χ1) is 11.1. The molecule has 1 aromatic heterocycles. The maximum atomic E-state index is 11.4. The minimum Gasteiger partial charge on any atom is -0.490 e. The van der Waals surface area contributed by atoms with Crippen LogP contribution in [-0.4, -0.2) is 13.2 Å². The van der Waals surface area contributed by atoms with Crippen LogP contribution in [0.1, 0.15) is 5.56 Å². The fraction of sp³-hybridized carbons (Fsp3) is 0.167. The minimum absolute atomic E-state index is 0.363. The zero-order chi connectivity index (χ0) is 16.2. The van der Waals surface area contributed by atoms with E-state index in [0.29, 0.717) is 29.6 Å². The molecule has 0 unspecified atom stereocenters. The molecule has 23 heavy (non-hydrogen) atoms. The van der Waals surface area contributed by atoms with Gasteiger partial charge in [0.2, 0.25) is 0 Å². The zero-order valence-corrected chi connectivity index (χ0v) is 13.3. The Morgan fingerprint density at radius 3 is 2.35 bits per heavy atom. The molecule has 0 amide bonds. The fourth-order valence-electron chi connectivity index (χ4n) is 2.24. The van der Waals surface area contributed by atoms with Crippen LogP contribution in [0.2, 0.25) is 5.02 Å². The maximum Gasteiger partial charge on any atom is 0.336 e. The third-order valence-electron chi connectivity index (χ3n) is 3.36. The SMILES string of the molecule is Cc1cc(=O)oc2cc(OCCOc3ccc(Cl)cc3)ccc12. The summed E-state index contributed by atoms with van der Waals surface area (Å²) in [6.07, 6.45) is 0. The number of ether oxygens (including phenoxy) is 2. The summed E-state index contributed by atoms with van der Waals surface area (Å²) in [7, 11) is 0. The molecule has 0 saturated carbocycles. The lowest BCUT2D eigenvalue weighted by Gasteiger charge is -2.09. The summed E-state index contributed by atoms with van der Waals surface area (Å²) in [6.45, 7) is 2.65. The minimum atomic E-state index is -0.363. The molecule has 2 aromatic carbocycles. The molecular weight excluding hydrogens is 316 g/mol. The van der Waals surface area contributed by atoms with Crippen molar-refractivity contribution in [3.05, 3.63) is 69.5 Å². The Labute approximate surface area is 138 Å². The van der Waals surface area contributed by atoms with Crippen LogP contribution < -0.4 is 15.1 Å². The largest absolute Gasteiger partial charge is 0.490 e. The molecule has 118 valence electrons. The summed E-state index contributed by atoms with van der Waals surface area (Å²) in [5, 5.41) is 1.57. The lowest BCUT2D eigenvalue weighted by atomic mass is 10.1. The molecule has 3 rings (SSSR count). The second-order valence-electron chi connectivity index (χ2n) is 5.06. The maximum absolute atomic E-state index is 11.4. The highest BCUT2D eigenvalue weighted by molar-refractivity contribution is 6.30. The Bertz CT molecular complexity index is 868. The third-order valence-corrected chi connectivity index (χ3v) is 3.61. The van der Waals surface area contributed by atoms with Crippen LogP contribution in [-0.2, 0) is 0 Å². The highest BCUT2D eigenvalue weighted by Crippen LogP contribution is 2.22. The molecule has 5 heteroatoms.